The van der Waals surface area contributed by atoms with Crippen molar-refractivity contribution in [3.05, 3.63) is 82.1 Å². The fourth-order valence-electron chi connectivity index (χ4n) is 6.51. The van der Waals surface area contributed by atoms with Gasteiger partial charge >= 0.3 is 29.8 Å². The van der Waals surface area contributed by atoms with Crippen LogP contribution in [0.3, 0.4) is 0 Å². The van der Waals surface area contributed by atoms with Gasteiger partial charge in [-0.25, -0.2) is 9.59 Å². The number of ether oxygens (including phenoxy) is 5. The van der Waals surface area contributed by atoms with Crippen molar-refractivity contribution in [2.24, 2.45) is 29.6 Å². The molecule has 0 saturated heterocycles. The molecule has 0 amide bonds. The zero-order valence-corrected chi connectivity index (χ0v) is 26.0. The number of hydrogen-bond donors (Lipinski definition) is 1. The number of hydrogen-bond acceptors (Lipinski definition) is 11. The molecule has 0 heterocycles. The van der Waals surface area contributed by atoms with E-state index in [1.165, 1.54) is 6.08 Å². The predicted octanol–water partition coefficient (Wildman–Crippen LogP) is 3.62. The van der Waals surface area contributed by atoms with Crippen molar-refractivity contribution in [3.8, 4) is 0 Å². The van der Waals surface area contributed by atoms with Gasteiger partial charge in [-0.2, -0.15) is 0 Å². The highest BCUT2D eigenvalue weighted by Gasteiger charge is 2.71. The van der Waals surface area contributed by atoms with E-state index in [4.69, 9.17) is 35.3 Å². The first-order valence-electron chi connectivity index (χ1n) is 14.0. The Balaban J connectivity index is 2.00. The predicted molar refractivity (Wildman–Crippen MR) is 160 cm³/mol. The summed E-state index contributed by atoms with van der Waals surface area (Å²) in [6.45, 7) is 1.61. The molecule has 2 aromatic rings. The largest absolute Gasteiger partial charge is 0.469 e. The Morgan fingerprint density at radius 3 is 1.96 bits per heavy atom. The van der Waals surface area contributed by atoms with Crippen molar-refractivity contribution in [3.63, 3.8) is 0 Å². The summed E-state index contributed by atoms with van der Waals surface area (Å²) < 4.78 is 26.0. The smallest absolute Gasteiger partial charge is 0.343 e. The van der Waals surface area contributed by atoms with E-state index in [-0.39, 0.29) is 17.6 Å². The number of halogens is 1. The lowest BCUT2D eigenvalue weighted by molar-refractivity contribution is -0.212. The third-order valence-electron chi connectivity index (χ3n) is 8.40. The minimum Gasteiger partial charge on any atom is -0.469 e. The molecule has 0 aliphatic heterocycles. The van der Waals surface area contributed by atoms with E-state index in [9.17, 15) is 29.1 Å². The fourth-order valence-corrected chi connectivity index (χ4v) is 6.64. The van der Waals surface area contributed by atoms with Crippen LogP contribution >= 0.6 is 11.6 Å². The molecule has 12 heteroatoms. The monoisotopic (exact) mass is 640 g/mol. The van der Waals surface area contributed by atoms with E-state index >= 15 is 0 Å². The minimum atomic E-state index is -2.60. The van der Waals surface area contributed by atoms with Crippen LogP contribution in [0.2, 0.25) is 5.02 Å². The number of benzene rings is 2. The lowest BCUT2D eigenvalue weighted by Crippen LogP contribution is -2.68. The van der Waals surface area contributed by atoms with Gasteiger partial charge in [0.05, 0.1) is 51.4 Å². The van der Waals surface area contributed by atoms with Crippen LogP contribution in [0.15, 0.2) is 65.9 Å². The molecule has 4 rings (SSSR count). The Morgan fingerprint density at radius 1 is 0.822 bits per heavy atom. The summed E-state index contributed by atoms with van der Waals surface area (Å²) in [5.41, 5.74) is -1.92. The van der Waals surface area contributed by atoms with Crippen LogP contribution in [0.5, 0.6) is 0 Å². The Labute approximate surface area is 264 Å². The van der Waals surface area contributed by atoms with Crippen molar-refractivity contribution in [1.82, 2.24) is 0 Å². The number of aliphatic hydroxyl groups is 1. The number of carbonyl (C=O) groups is 5. The molecule has 0 radical (unpaired) electrons. The average molecular weight is 641 g/mol. The number of rotatable bonds is 8. The molecule has 6 atom stereocenters. The van der Waals surface area contributed by atoms with Crippen molar-refractivity contribution in [2.75, 3.05) is 28.4 Å². The number of methoxy groups -OCH3 is 4. The fraction of sp³-hybridized carbons (Fsp3) is 0.364. The maximum atomic E-state index is 14.1. The SMILES string of the molecule is COC(=O)C1=C(OC(=O)/C(=C/c2ccc(Cl)cc2)c2ccccc2)C(C(=O)OC)C2(O)C(C(=O)OC)C(C)CC1C2C(=O)OC. The molecule has 6 unspecified atom stereocenters. The number of carbonyl (C=O) groups excluding carboxylic acids is 5. The Kier molecular flexibility index (Phi) is 10.1. The number of fused-ring (bicyclic) bond motifs is 2. The summed E-state index contributed by atoms with van der Waals surface area (Å²) in [7, 11) is 4.25. The maximum Gasteiger partial charge on any atom is 0.343 e. The molecule has 2 aliphatic carbocycles. The van der Waals surface area contributed by atoms with Crippen molar-refractivity contribution in [1.29, 1.82) is 0 Å². The van der Waals surface area contributed by atoms with E-state index in [1.54, 1.807) is 61.5 Å². The first-order valence-corrected chi connectivity index (χ1v) is 14.3. The molecule has 0 aromatic heterocycles. The highest BCUT2D eigenvalue weighted by atomic mass is 35.5. The molecule has 0 spiro atoms. The molecule has 11 nitrogen and oxygen atoms in total. The molecule has 2 aromatic carbocycles. The zero-order chi connectivity index (χ0) is 33.1. The van der Waals surface area contributed by atoms with E-state index in [1.807, 2.05) is 0 Å². The van der Waals surface area contributed by atoms with Gasteiger partial charge in [0.2, 0.25) is 0 Å². The lowest BCUT2D eigenvalue weighted by Gasteiger charge is -2.55. The van der Waals surface area contributed by atoms with Gasteiger partial charge in [0.25, 0.3) is 0 Å². The third-order valence-corrected chi connectivity index (χ3v) is 8.65. The van der Waals surface area contributed by atoms with Gasteiger partial charge < -0.3 is 28.8 Å². The molecule has 1 N–H and O–H groups in total. The average Bonchev–Trinajstić information content (AvgIpc) is 3.03. The number of esters is 5. The van der Waals surface area contributed by atoms with Crippen LogP contribution in [0.4, 0.5) is 0 Å². The van der Waals surface area contributed by atoms with Crippen LogP contribution in [-0.2, 0) is 47.7 Å². The Bertz CT molecular complexity index is 1550. The first kappa shape index (κ1) is 33.4. The van der Waals surface area contributed by atoms with E-state index in [0.29, 0.717) is 16.1 Å². The quantitative estimate of drug-likeness (QED) is 0.195. The van der Waals surface area contributed by atoms with Crippen LogP contribution in [0.1, 0.15) is 24.5 Å². The summed E-state index contributed by atoms with van der Waals surface area (Å²) in [5.74, 6) is -12.8. The molecule has 2 aliphatic rings. The van der Waals surface area contributed by atoms with Crippen LogP contribution in [0, 0.1) is 29.6 Å². The highest BCUT2D eigenvalue weighted by molar-refractivity contribution is 6.30. The molecule has 2 bridgehead atoms. The van der Waals surface area contributed by atoms with Gasteiger partial charge in [0.15, 0.2) is 0 Å². The lowest BCUT2D eigenvalue weighted by atomic mass is 9.50. The molecule has 238 valence electrons. The second-order valence-corrected chi connectivity index (χ2v) is 11.2. The van der Waals surface area contributed by atoms with Gasteiger partial charge in [-0.05, 0) is 41.7 Å². The van der Waals surface area contributed by atoms with E-state index < -0.39 is 70.8 Å². The Hall–Kier alpha value is -4.48. The van der Waals surface area contributed by atoms with Crippen molar-refractivity contribution in [2.45, 2.75) is 18.9 Å². The topological polar surface area (TPSA) is 152 Å². The second-order valence-electron chi connectivity index (χ2n) is 10.8. The molecular formula is C33H33ClO11. The molecule has 45 heavy (non-hydrogen) atoms. The van der Waals surface area contributed by atoms with Gasteiger partial charge in [0, 0.05) is 10.9 Å². The van der Waals surface area contributed by atoms with E-state index in [2.05, 4.69) is 0 Å². The molecule has 1 fully saturated rings. The first-order chi connectivity index (χ1) is 21.4. The summed E-state index contributed by atoms with van der Waals surface area (Å²) in [6, 6.07) is 15.1. The summed E-state index contributed by atoms with van der Waals surface area (Å²) in [5, 5.41) is 13.0. The van der Waals surface area contributed by atoms with Crippen LogP contribution in [-0.4, -0.2) is 69.0 Å². The van der Waals surface area contributed by atoms with Crippen molar-refractivity contribution < 1.29 is 52.8 Å². The van der Waals surface area contributed by atoms with Crippen molar-refractivity contribution >= 4 is 53.1 Å². The summed E-state index contributed by atoms with van der Waals surface area (Å²) in [6.07, 6.45) is 1.49. The summed E-state index contributed by atoms with van der Waals surface area (Å²) >= 11 is 6.04. The Morgan fingerprint density at radius 2 is 1.40 bits per heavy atom. The van der Waals surface area contributed by atoms with Gasteiger partial charge in [-0.15, -0.1) is 0 Å². The second kappa shape index (κ2) is 13.7. The van der Waals surface area contributed by atoms with Crippen LogP contribution < -0.4 is 0 Å². The third kappa shape index (κ3) is 6.10. The van der Waals surface area contributed by atoms with Gasteiger partial charge in [0.1, 0.15) is 17.3 Å². The zero-order valence-electron chi connectivity index (χ0n) is 25.3. The van der Waals surface area contributed by atoms with E-state index in [0.717, 1.165) is 28.4 Å². The molecule has 1 saturated carbocycles. The normalized spacial score (nSPS) is 25.9. The minimum absolute atomic E-state index is 0.0170. The maximum absolute atomic E-state index is 14.1. The molecular weight excluding hydrogens is 608 g/mol. The van der Waals surface area contributed by atoms with Gasteiger partial charge in [-0.1, -0.05) is 61.0 Å². The standard InChI is InChI=1S/C33H33ClO11/c1-17-15-22-23(29(36)41-2)27(26(32(39)44-5)33(40,24(17)30(37)42-3)25(22)31(38)43-4)45-28(35)21(19-9-7-6-8-10-19)16-18-11-13-20(34)14-12-18/h6-14,16-17,22,24-26,40H,15H2,1-5H3/b21-16+. The van der Waals surface area contributed by atoms with Gasteiger partial charge in [-0.3, -0.25) is 14.4 Å². The summed E-state index contributed by atoms with van der Waals surface area (Å²) in [4.78, 5) is 67.7. The highest BCUT2D eigenvalue weighted by Crippen LogP contribution is 2.58. The van der Waals surface area contributed by atoms with Crippen LogP contribution in [0.25, 0.3) is 11.6 Å².